The summed E-state index contributed by atoms with van der Waals surface area (Å²) in [4.78, 5) is 9.23. The number of rotatable bonds is 7. The number of hydrogen-bond acceptors (Lipinski definition) is 7. The minimum absolute atomic E-state index is 0.0253. The van der Waals surface area contributed by atoms with Crippen LogP contribution in [0, 0.1) is 0 Å². The molecular formula is C19H21ClF3N3O4. The van der Waals surface area contributed by atoms with Crippen LogP contribution >= 0.6 is 11.6 Å². The maximum atomic E-state index is 12.8. The summed E-state index contributed by atoms with van der Waals surface area (Å²) in [7, 11) is 3.06. The molecule has 1 aromatic heterocycles. The van der Waals surface area contributed by atoms with Gasteiger partial charge in [-0.1, -0.05) is 17.7 Å². The van der Waals surface area contributed by atoms with Gasteiger partial charge in [0.1, 0.15) is 12.7 Å². The zero-order chi connectivity index (χ0) is 21.7. The van der Waals surface area contributed by atoms with Gasteiger partial charge < -0.3 is 18.9 Å². The first-order valence-corrected chi connectivity index (χ1v) is 9.46. The summed E-state index contributed by atoms with van der Waals surface area (Å²) in [6.07, 6.45) is -3.90. The highest BCUT2D eigenvalue weighted by Crippen LogP contribution is 2.37. The molecule has 1 atom stereocenters. The van der Waals surface area contributed by atoms with Gasteiger partial charge in [0, 0.05) is 25.8 Å². The molecule has 0 radical (unpaired) electrons. The molecule has 0 aliphatic carbocycles. The topological polar surface area (TPSA) is 65.9 Å². The maximum Gasteiger partial charge on any atom is 0.433 e. The number of nitrogens with zero attached hydrogens (tertiary/aromatic N) is 3. The van der Waals surface area contributed by atoms with Crippen LogP contribution < -0.4 is 14.2 Å². The molecule has 2 aromatic rings. The van der Waals surface area contributed by atoms with Crippen LogP contribution in [-0.4, -0.2) is 61.5 Å². The SMILES string of the molecule is COc1ccc(CN2CCOC(COc3nccc(C(F)(F)F)n3)C2)c(Cl)c1OC. The summed E-state index contributed by atoms with van der Waals surface area (Å²) in [6.45, 7) is 2.18. The van der Waals surface area contributed by atoms with E-state index in [4.69, 9.17) is 30.5 Å². The van der Waals surface area contributed by atoms with Crippen molar-refractivity contribution in [3.8, 4) is 17.5 Å². The van der Waals surface area contributed by atoms with E-state index in [1.54, 1.807) is 6.07 Å². The molecule has 1 aromatic carbocycles. The summed E-state index contributed by atoms with van der Waals surface area (Å²) >= 11 is 6.45. The summed E-state index contributed by atoms with van der Waals surface area (Å²) in [5.41, 5.74) is -0.195. The summed E-state index contributed by atoms with van der Waals surface area (Å²) in [6, 6.07) is 4.10. The highest BCUT2D eigenvalue weighted by molar-refractivity contribution is 6.33. The van der Waals surface area contributed by atoms with Crippen molar-refractivity contribution in [3.05, 3.63) is 40.7 Å². The smallest absolute Gasteiger partial charge is 0.433 e. The highest BCUT2D eigenvalue weighted by atomic mass is 35.5. The first-order chi connectivity index (χ1) is 14.3. The summed E-state index contributed by atoms with van der Waals surface area (Å²) in [5, 5.41) is 0.466. The van der Waals surface area contributed by atoms with Crippen molar-refractivity contribution in [1.82, 2.24) is 14.9 Å². The first kappa shape index (κ1) is 22.4. The van der Waals surface area contributed by atoms with Crippen LogP contribution in [0.4, 0.5) is 13.2 Å². The molecule has 2 heterocycles. The third kappa shape index (κ3) is 5.44. The van der Waals surface area contributed by atoms with E-state index >= 15 is 0 Å². The number of hydrogen-bond donors (Lipinski definition) is 0. The molecule has 0 saturated carbocycles. The normalized spacial score (nSPS) is 17.6. The number of benzene rings is 1. The van der Waals surface area contributed by atoms with Gasteiger partial charge in [-0.15, -0.1) is 0 Å². The molecule has 1 saturated heterocycles. The lowest BCUT2D eigenvalue weighted by Crippen LogP contribution is -2.44. The van der Waals surface area contributed by atoms with Gasteiger partial charge >= 0.3 is 12.2 Å². The van der Waals surface area contributed by atoms with E-state index < -0.39 is 11.9 Å². The molecule has 0 amide bonds. The maximum absolute atomic E-state index is 12.8. The van der Waals surface area contributed by atoms with Crippen molar-refractivity contribution >= 4 is 11.6 Å². The molecule has 7 nitrogen and oxygen atoms in total. The standard InChI is InChI=1S/C19H21ClF3N3O4/c1-27-14-4-3-12(16(20)17(14)28-2)9-26-7-8-29-13(10-26)11-30-18-24-6-5-15(25-18)19(21,22)23/h3-6,13H,7-11H2,1-2H3. The van der Waals surface area contributed by atoms with Crippen LogP contribution in [0.3, 0.4) is 0 Å². The van der Waals surface area contributed by atoms with Crippen molar-refractivity contribution in [2.24, 2.45) is 0 Å². The molecule has 0 bridgehead atoms. The van der Waals surface area contributed by atoms with E-state index in [-0.39, 0.29) is 18.7 Å². The molecule has 3 rings (SSSR count). The number of halogens is 4. The van der Waals surface area contributed by atoms with Gasteiger partial charge in [-0.3, -0.25) is 4.90 Å². The Hall–Kier alpha value is -2.30. The zero-order valence-electron chi connectivity index (χ0n) is 16.4. The third-order valence-corrected chi connectivity index (χ3v) is 4.92. The summed E-state index contributed by atoms with van der Waals surface area (Å²) in [5.74, 6) is 1.01. The van der Waals surface area contributed by atoms with Gasteiger partial charge in [-0.2, -0.15) is 18.2 Å². The zero-order valence-corrected chi connectivity index (χ0v) is 17.2. The fourth-order valence-electron chi connectivity index (χ4n) is 3.05. The van der Waals surface area contributed by atoms with Crippen LogP contribution in [0.1, 0.15) is 11.3 Å². The minimum Gasteiger partial charge on any atom is -0.493 e. The van der Waals surface area contributed by atoms with Gasteiger partial charge in [-0.05, 0) is 17.7 Å². The van der Waals surface area contributed by atoms with E-state index in [0.29, 0.717) is 42.8 Å². The molecular weight excluding hydrogens is 427 g/mol. The molecule has 164 valence electrons. The molecule has 1 fully saturated rings. The van der Waals surface area contributed by atoms with E-state index in [9.17, 15) is 13.2 Å². The van der Waals surface area contributed by atoms with E-state index in [1.165, 1.54) is 14.2 Å². The van der Waals surface area contributed by atoms with Gasteiger partial charge in [0.25, 0.3) is 0 Å². The minimum atomic E-state index is -4.56. The van der Waals surface area contributed by atoms with Crippen molar-refractivity contribution in [3.63, 3.8) is 0 Å². The largest absolute Gasteiger partial charge is 0.493 e. The van der Waals surface area contributed by atoms with Crippen LogP contribution in [0.2, 0.25) is 5.02 Å². The predicted molar refractivity (Wildman–Crippen MR) is 102 cm³/mol. The number of ether oxygens (including phenoxy) is 4. The van der Waals surface area contributed by atoms with E-state index in [2.05, 4.69) is 14.9 Å². The second-order valence-corrected chi connectivity index (χ2v) is 6.91. The Morgan fingerprint density at radius 2 is 2.03 bits per heavy atom. The molecule has 0 spiro atoms. The van der Waals surface area contributed by atoms with Gasteiger partial charge in [-0.25, -0.2) is 4.98 Å². The first-order valence-electron chi connectivity index (χ1n) is 9.08. The number of alkyl halides is 3. The Bertz CT molecular complexity index is 869. The van der Waals surface area contributed by atoms with Crippen molar-refractivity contribution in [1.29, 1.82) is 0 Å². The van der Waals surface area contributed by atoms with Crippen LogP contribution in [0.15, 0.2) is 24.4 Å². The Morgan fingerprint density at radius 3 is 2.73 bits per heavy atom. The van der Waals surface area contributed by atoms with Crippen LogP contribution in [0.5, 0.6) is 17.5 Å². The lowest BCUT2D eigenvalue weighted by atomic mass is 10.1. The van der Waals surface area contributed by atoms with Gasteiger partial charge in [0.2, 0.25) is 0 Å². The molecule has 1 unspecified atom stereocenters. The molecule has 1 aliphatic heterocycles. The van der Waals surface area contributed by atoms with Gasteiger partial charge in [0.15, 0.2) is 17.2 Å². The Morgan fingerprint density at radius 1 is 1.23 bits per heavy atom. The fourth-order valence-corrected chi connectivity index (χ4v) is 3.35. The second-order valence-electron chi connectivity index (χ2n) is 6.54. The molecule has 11 heteroatoms. The number of morpholine rings is 1. The quantitative estimate of drug-likeness (QED) is 0.644. The lowest BCUT2D eigenvalue weighted by molar-refractivity contribution is -0.141. The monoisotopic (exact) mass is 447 g/mol. The van der Waals surface area contributed by atoms with E-state index in [0.717, 1.165) is 17.8 Å². The van der Waals surface area contributed by atoms with Crippen LogP contribution in [0.25, 0.3) is 0 Å². The second kappa shape index (κ2) is 9.67. The van der Waals surface area contributed by atoms with Crippen molar-refractivity contribution < 1.29 is 32.1 Å². The van der Waals surface area contributed by atoms with E-state index in [1.807, 2.05) is 6.07 Å². The molecule has 0 N–H and O–H groups in total. The van der Waals surface area contributed by atoms with Crippen molar-refractivity contribution in [2.45, 2.75) is 18.8 Å². The average molecular weight is 448 g/mol. The fraction of sp³-hybridized carbons (Fsp3) is 0.474. The molecule has 30 heavy (non-hydrogen) atoms. The highest BCUT2D eigenvalue weighted by Gasteiger charge is 2.33. The Kier molecular flexibility index (Phi) is 7.22. The third-order valence-electron chi connectivity index (χ3n) is 4.50. The van der Waals surface area contributed by atoms with Crippen molar-refractivity contribution in [2.75, 3.05) is 40.5 Å². The lowest BCUT2D eigenvalue weighted by Gasteiger charge is -2.33. The Balaban J connectivity index is 1.60. The molecule has 1 aliphatic rings. The summed E-state index contributed by atoms with van der Waals surface area (Å²) < 4.78 is 59.8. The van der Waals surface area contributed by atoms with Crippen LogP contribution in [-0.2, 0) is 17.5 Å². The predicted octanol–water partition coefficient (Wildman–Crippen LogP) is 3.45. The van der Waals surface area contributed by atoms with Gasteiger partial charge in [0.05, 0.1) is 25.8 Å². The average Bonchev–Trinajstić information content (AvgIpc) is 2.73. The number of aromatic nitrogens is 2. The Labute approximate surface area is 176 Å². The number of methoxy groups -OCH3 is 2.